The predicted molar refractivity (Wildman–Crippen MR) is 59.1 cm³/mol. The van der Waals surface area contributed by atoms with Crippen molar-refractivity contribution in [3.8, 4) is 0 Å². The number of benzene rings is 1. The Hall–Kier alpha value is -0.560. The third-order valence-corrected chi connectivity index (χ3v) is 2.97. The Bertz CT molecular complexity index is 268. The molecule has 78 valence electrons. The molecule has 0 aliphatic heterocycles. The van der Waals surface area contributed by atoms with Gasteiger partial charge in [0.2, 0.25) is 0 Å². The van der Waals surface area contributed by atoms with Crippen molar-refractivity contribution >= 4 is 11.6 Å². The van der Waals surface area contributed by atoms with Gasteiger partial charge in [0.25, 0.3) is 0 Å². The van der Waals surface area contributed by atoms with E-state index in [4.69, 9.17) is 11.6 Å². The maximum atomic E-state index is 12.6. The molecule has 0 N–H and O–H groups in total. The minimum atomic E-state index is -0.207. The van der Waals surface area contributed by atoms with Gasteiger partial charge in [0.15, 0.2) is 0 Å². The molecule has 2 heteroatoms. The van der Waals surface area contributed by atoms with Gasteiger partial charge in [-0.25, -0.2) is 4.39 Å². The topological polar surface area (TPSA) is 0 Å². The summed E-state index contributed by atoms with van der Waals surface area (Å²) in [6.07, 6.45) is 2.08. The van der Waals surface area contributed by atoms with E-state index in [-0.39, 0.29) is 11.2 Å². The van der Waals surface area contributed by atoms with Crippen LogP contribution in [0, 0.1) is 11.7 Å². The van der Waals surface area contributed by atoms with Gasteiger partial charge in [0, 0.05) is 0 Å². The van der Waals surface area contributed by atoms with Crippen LogP contribution in [0.1, 0.15) is 37.6 Å². The predicted octanol–water partition coefficient (Wildman–Crippen LogP) is 4.54. The fourth-order valence-corrected chi connectivity index (χ4v) is 1.78. The first-order valence-corrected chi connectivity index (χ1v) is 5.46. The van der Waals surface area contributed by atoms with Crippen molar-refractivity contribution in [2.24, 2.45) is 5.92 Å². The average Bonchev–Trinajstić information content (AvgIpc) is 2.18. The van der Waals surface area contributed by atoms with Crippen LogP contribution in [0.2, 0.25) is 0 Å². The fraction of sp³-hybridized carbons (Fsp3) is 0.500. The fourth-order valence-electron chi connectivity index (χ4n) is 1.33. The Morgan fingerprint density at radius 3 is 2.36 bits per heavy atom. The van der Waals surface area contributed by atoms with Crippen molar-refractivity contribution in [1.29, 1.82) is 0 Å². The van der Waals surface area contributed by atoms with Crippen LogP contribution >= 0.6 is 11.6 Å². The van der Waals surface area contributed by atoms with Crippen molar-refractivity contribution in [1.82, 2.24) is 0 Å². The summed E-state index contributed by atoms with van der Waals surface area (Å²) in [5, 5.41) is 0.00514. The van der Waals surface area contributed by atoms with E-state index in [1.165, 1.54) is 12.1 Å². The molecule has 2 atom stereocenters. The highest BCUT2D eigenvalue weighted by Gasteiger charge is 2.11. The normalized spacial score (nSPS) is 15.1. The Labute approximate surface area is 90.1 Å². The SMILES string of the molecule is CCC(C)CC(Cl)c1ccc(F)cc1. The summed E-state index contributed by atoms with van der Waals surface area (Å²) in [6.45, 7) is 4.33. The Morgan fingerprint density at radius 1 is 1.29 bits per heavy atom. The summed E-state index contributed by atoms with van der Waals surface area (Å²) in [7, 11) is 0. The minimum absolute atomic E-state index is 0.00514. The number of halogens is 2. The zero-order chi connectivity index (χ0) is 10.6. The standard InChI is InChI=1S/C12H16ClF/c1-3-9(2)8-12(13)10-4-6-11(14)7-5-10/h4-7,9,12H,3,8H2,1-2H3. The second kappa shape index (κ2) is 5.35. The molecular weight excluding hydrogens is 199 g/mol. The van der Waals surface area contributed by atoms with Crippen LogP contribution in [0.25, 0.3) is 0 Å². The van der Waals surface area contributed by atoms with E-state index >= 15 is 0 Å². The quantitative estimate of drug-likeness (QED) is 0.646. The van der Waals surface area contributed by atoms with Crippen molar-refractivity contribution in [2.45, 2.75) is 32.1 Å². The van der Waals surface area contributed by atoms with Crippen molar-refractivity contribution in [2.75, 3.05) is 0 Å². The first kappa shape index (κ1) is 11.5. The molecule has 0 amide bonds. The van der Waals surface area contributed by atoms with Gasteiger partial charge in [-0.1, -0.05) is 32.4 Å². The summed E-state index contributed by atoms with van der Waals surface area (Å²) in [4.78, 5) is 0. The summed E-state index contributed by atoms with van der Waals surface area (Å²) in [6, 6.07) is 6.44. The van der Waals surface area contributed by atoms with Gasteiger partial charge in [-0.15, -0.1) is 11.6 Å². The molecule has 14 heavy (non-hydrogen) atoms. The lowest BCUT2D eigenvalue weighted by atomic mass is 9.99. The van der Waals surface area contributed by atoms with Crippen molar-refractivity contribution in [3.05, 3.63) is 35.6 Å². The molecule has 0 heterocycles. The maximum Gasteiger partial charge on any atom is 0.123 e. The van der Waals surface area contributed by atoms with Gasteiger partial charge >= 0.3 is 0 Å². The number of hydrogen-bond donors (Lipinski definition) is 0. The lowest BCUT2D eigenvalue weighted by Crippen LogP contribution is -1.98. The van der Waals surface area contributed by atoms with Crippen molar-refractivity contribution < 1.29 is 4.39 Å². The molecule has 0 aromatic heterocycles. The molecule has 0 aliphatic carbocycles. The lowest BCUT2D eigenvalue weighted by molar-refractivity contribution is 0.508. The van der Waals surface area contributed by atoms with E-state index < -0.39 is 0 Å². The van der Waals surface area contributed by atoms with Crippen LogP contribution < -0.4 is 0 Å². The van der Waals surface area contributed by atoms with Crippen LogP contribution in [-0.2, 0) is 0 Å². The number of hydrogen-bond acceptors (Lipinski definition) is 0. The molecule has 0 aliphatic rings. The summed E-state index contributed by atoms with van der Waals surface area (Å²) in [5.74, 6) is 0.406. The Kier molecular flexibility index (Phi) is 4.40. The first-order chi connectivity index (χ1) is 6.63. The molecule has 2 unspecified atom stereocenters. The maximum absolute atomic E-state index is 12.6. The molecule has 1 rings (SSSR count). The van der Waals surface area contributed by atoms with E-state index in [9.17, 15) is 4.39 Å². The van der Waals surface area contributed by atoms with E-state index in [1.54, 1.807) is 12.1 Å². The molecule has 0 saturated heterocycles. The molecular formula is C12H16ClF. The highest BCUT2D eigenvalue weighted by Crippen LogP contribution is 2.28. The van der Waals surface area contributed by atoms with E-state index in [2.05, 4.69) is 13.8 Å². The van der Waals surface area contributed by atoms with Crippen LogP contribution in [0.5, 0.6) is 0 Å². The Morgan fingerprint density at radius 2 is 1.86 bits per heavy atom. The third-order valence-electron chi connectivity index (χ3n) is 2.54. The minimum Gasteiger partial charge on any atom is -0.207 e. The summed E-state index contributed by atoms with van der Waals surface area (Å²) >= 11 is 6.21. The van der Waals surface area contributed by atoms with Gasteiger partial charge in [-0.05, 0) is 30.0 Å². The molecule has 1 aromatic carbocycles. The molecule has 0 bridgehead atoms. The molecule has 0 nitrogen and oxygen atoms in total. The van der Waals surface area contributed by atoms with Gasteiger partial charge in [0.1, 0.15) is 5.82 Å². The van der Waals surface area contributed by atoms with Crippen LogP contribution in [0.4, 0.5) is 4.39 Å². The lowest BCUT2D eigenvalue weighted by Gasteiger charge is -2.14. The second-order valence-corrected chi connectivity index (χ2v) is 4.30. The van der Waals surface area contributed by atoms with Crippen LogP contribution in [0.15, 0.2) is 24.3 Å². The zero-order valence-electron chi connectivity index (χ0n) is 8.63. The van der Waals surface area contributed by atoms with Gasteiger partial charge in [-0.3, -0.25) is 0 Å². The smallest absolute Gasteiger partial charge is 0.123 e. The average molecular weight is 215 g/mol. The van der Waals surface area contributed by atoms with E-state index in [0.717, 1.165) is 18.4 Å². The van der Waals surface area contributed by atoms with Gasteiger partial charge in [-0.2, -0.15) is 0 Å². The molecule has 0 spiro atoms. The van der Waals surface area contributed by atoms with E-state index in [1.807, 2.05) is 0 Å². The number of alkyl halides is 1. The molecule has 0 fully saturated rings. The largest absolute Gasteiger partial charge is 0.207 e. The Balaban J connectivity index is 2.60. The summed E-state index contributed by atoms with van der Waals surface area (Å²) < 4.78 is 12.6. The van der Waals surface area contributed by atoms with Crippen LogP contribution in [0.3, 0.4) is 0 Å². The monoisotopic (exact) mass is 214 g/mol. The third kappa shape index (κ3) is 3.30. The second-order valence-electron chi connectivity index (χ2n) is 3.77. The van der Waals surface area contributed by atoms with Crippen molar-refractivity contribution in [3.63, 3.8) is 0 Å². The summed E-state index contributed by atoms with van der Waals surface area (Å²) in [5.41, 5.74) is 1.01. The van der Waals surface area contributed by atoms with Gasteiger partial charge < -0.3 is 0 Å². The van der Waals surface area contributed by atoms with Gasteiger partial charge in [0.05, 0.1) is 5.38 Å². The number of rotatable bonds is 4. The highest BCUT2D eigenvalue weighted by molar-refractivity contribution is 6.20. The first-order valence-electron chi connectivity index (χ1n) is 5.03. The molecule has 0 radical (unpaired) electrons. The zero-order valence-corrected chi connectivity index (χ0v) is 9.39. The molecule has 1 aromatic rings. The highest BCUT2D eigenvalue weighted by atomic mass is 35.5. The van der Waals surface area contributed by atoms with E-state index in [0.29, 0.717) is 5.92 Å². The molecule has 0 saturated carbocycles. The van der Waals surface area contributed by atoms with Crippen LogP contribution in [-0.4, -0.2) is 0 Å².